The third-order valence-corrected chi connectivity index (χ3v) is 2.13. The predicted octanol–water partition coefficient (Wildman–Crippen LogP) is 3.88. The van der Waals surface area contributed by atoms with Crippen molar-refractivity contribution in [2.75, 3.05) is 0 Å². The lowest BCUT2D eigenvalue weighted by molar-refractivity contribution is -0.114. The van der Waals surface area contributed by atoms with Crippen LogP contribution in [0.5, 0.6) is 0 Å². The van der Waals surface area contributed by atoms with Gasteiger partial charge >= 0.3 is 0 Å². The van der Waals surface area contributed by atoms with Gasteiger partial charge in [0.15, 0.2) is 5.78 Å². The summed E-state index contributed by atoms with van der Waals surface area (Å²) in [5.74, 6) is 0.244. The molecule has 0 aromatic heterocycles. The molecule has 0 heterocycles. The molecule has 1 heteroatoms. The Morgan fingerprint density at radius 3 is 2.38 bits per heavy atom. The summed E-state index contributed by atoms with van der Waals surface area (Å²) in [7, 11) is 0. The molecule has 0 fully saturated rings. The molecule has 0 spiro atoms. The summed E-state index contributed by atoms with van der Waals surface area (Å²) in [5.41, 5.74) is 0. The first kappa shape index (κ1) is 12.4. The molecule has 0 aromatic rings. The van der Waals surface area contributed by atoms with E-state index >= 15 is 0 Å². The Morgan fingerprint density at radius 1 is 1.08 bits per heavy atom. The molecule has 0 radical (unpaired) electrons. The molecule has 1 nitrogen and oxygen atoms in total. The molecule has 0 unspecified atom stereocenters. The molecule has 0 atom stereocenters. The van der Waals surface area contributed by atoms with Gasteiger partial charge in [0.1, 0.15) is 0 Å². The van der Waals surface area contributed by atoms with Crippen molar-refractivity contribution in [2.24, 2.45) is 0 Å². The zero-order valence-electron chi connectivity index (χ0n) is 9.01. The van der Waals surface area contributed by atoms with Crippen LogP contribution in [0, 0.1) is 0 Å². The number of hydrogen-bond acceptors (Lipinski definition) is 1. The molecule has 0 amide bonds. The third kappa shape index (κ3) is 9.32. The highest BCUT2D eigenvalue weighted by Gasteiger charge is 1.89. The zero-order chi connectivity index (χ0) is 9.94. The van der Waals surface area contributed by atoms with Crippen molar-refractivity contribution in [2.45, 2.75) is 58.8 Å². The molecule has 13 heavy (non-hydrogen) atoms. The van der Waals surface area contributed by atoms with Crippen LogP contribution in [0.4, 0.5) is 0 Å². The summed E-state index contributed by atoms with van der Waals surface area (Å²) >= 11 is 0. The van der Waals surface area contributed by atoms with Crippen LogP contribution in [-0.2, 0) is 4.79 Å². The third-order valence-electron chi connectivity index (χ3n) is 2.13. The van der Waals surface area contributed by atoms with Crippen LogP contribution < -0.4 is 0 Å². The van der Waals surface area contributed by atoms with E-state index in [1.807, 2.05) is 13.0 Å². The summed E-state index contributed by atoms with van der Waals surface area (Å²) in [6.45, 7) is 4.12. The van der Waals surface area contributed by atoms with Crippen LogP contribution in [0.3, 0.4) is 0 Å². The Labute approximate surface area is 82.2 Å². The first-order valence-corrected chi connectivity index (χ1v) is 5.50. The molecule has 0 rings (SSSR count). The molecule has 0 aliphatic heterocycles. The van der Waals surface area contributed by atoms with Gasteiger partial charge in [0.25, 0.3) is 0 Å². The molecule has 0 aromatic carbocycles. The maximum absolute atomic E-state index is 10.9. The van der Waals surface area contributed by atoms with Crippen LogP contribution in [-0.4, -0.2) is 5.78 Å². The molecule has 0 bridgehead atoms. The normalized spacial score (nSPS) is 10.9. The van der Waals surface area contributed by atoms with Crippen molar-refractivity contribution in [3.63, 3.8) is 0 Å². The first-order chi connectivity index (χ1) is 6.31. The first-order valence-electron chi connectivity index (χ1n) is 5.50. The van der Waals surface area contributed by atoms with Crippen LogP contribution >= 0.6 is 0 Å². The Kier molecular flexibility index (Phi) is 9.07. The van der Waals surface area contributed by atoms with E-state index in [1.54, 1.807) is 6.08 Å². The summed E-state index contributed by atoms with van der Waals surface area (Å²) in [6, 6.07) is 0. The minimum atomic E-state index is 0.244. The second-order valence-electron chi connectivity index (χ2n) is 3.43. The Hall–Kier alpha value is -0.590. The topological polar surface area (TPSA) is 17.1 Å². The van der Waals surface area contributed by atoms with E-state index in [9.17, 15) is 4.79 Å². The molecule has 0 N–H and O–H groups in total. The molecule has 0 saturated heterocycles. The summed E-state index contributed by atoms with van der Waals surface area (Å²) in [4.78, 5) is 10.9. The monoisotopic (exact) mass is 182 g/mol. The van der Waals surface area contributed by atoms with Crippen molar-refractivity contribution >= 4 is 5.78 Å². The van der Waals surface area contributed by atoms with Crippen molar-refractivity contribution in [3.8, 4) is 0 Å². The predicted molar refractivity (Wildman–Crippen MR) is 57.8 cm³/mol. The summed E-state index contributed by atoms with van der Waals surface area (Å²) in [5, 5.41) is 0. The van der Waals surface area contributed by atoms with Crippen LogP contribution in [0.25, 0.3) is 0 Å². The van der Waals surface area contributed by atoms with Gasteiger partial charge in [-0.3, -0.25) is 4.79 Å². The fraction of sp³-hybridized carbons (Fsp3) is 0.750. The Morgan fingerprint density at radius 2 is 1.77 bits per heavy atom. The number of carbonyl (C=O) groups excluding carboxylic acids is 1. The number of unbranched alkanes of at least 4 members (excludes halogenated alkanes) is 5. The number of hydrogen-bond donors (Lipinski definition) is 0. The van der Waals surface area contributed by atoms with E-state index in [4.69, 9.17) is 0 Å². The number of allylic oxidation sites excluding steroid dienone is 2. The highest BCUT2D eigenvalue weighted by molar-refractivity contribution is 5.89. The van der Waals surface area contributed by atoms with Gasteiger partial charge in [-0.1, -0.05) is 45.6 Å². The van der Waals surface area contributed by atoms with Gasteiger partial charge < -0.3 is 0 Å². The van der Waals surface area contributed by atoms with E-state index in [1.165, 1.54) is 32.1 Å². The number of carbonyl (C=O) groups is 1. The average Bonchev–Trinajstić information content (AvgIpc) is 2.16. The van der Waals surface area contributed by atoms with Crippen molar-refractivity contribution in [3.05, 3.63) is 12.2 Å². The van der Waals surface area contributed by atoms with Crippen LogP contribution in [0.1, 0.15) is 58.8 Å². The van der Waals surface area contributed by atoms with Crippen LogP contribution in [0.2, 0.25) is 0 Å². The Bertz CT molecular complexity index is 147. The molecular formula is C12H22O. The fourth-order valence-corrected chi connectivity index (χ4v) is 1.20. The van der Waals surface area contributed by atoms with Crippen LogP contribution in [0.15, 0.2) is 12.2 Å². The van der Waals surface area contributed by atoms with Gasteiger partial charge in [-0.05, 0) is 18.9 Å². The van der Waals surface area contributed by atoms with Gasteiger partial charge in [0.2, 0.25) is 0 Å². The van der Waals surface area contributed by atoms with E-state index in [-0.39, 0.29) is 5.78 Å². The van der Waals surface area contributed by atoms with E-state index < -0.39 is 0 Å². The lowest BCUT2D eigenvalue weighted by atomic mass is 10.1. The SMILES string of the molecule is CCCCCCCC=CC(=O)CC. The largest absolute Gasteiger partial charge is 0.295 e. The second-order valence-corrected chi connectivity index (χ2v) is 3.43. The van der Waals surface area contributed by atoms with E-state index in [0.29, 0.717) is 6.42 Å². The fourth-order valence-electron chi connectivity index (χ4n) is 1.20. The minimum Gasteiger partial charge on any atom is -0.295 e. The highest BCUT2D eigenvalue weighted by atomic mass is 16.1. The van der Waals surface area contributed by atoms with Gasteiger partial charge in [-0.15, -0.1) is 0 Å². The second kappa shape index (κ2) is 9.50. The van der Waals surface area contributed by atoms with Gasteiger partial charge in [-0.25, -0.2) is 0 Å². The van der Waals surface area contributed by atoms with Crippen molar-refractivity contribution in [1.29, 1.82) is 0 Å². The van der Waals surface area contributed by atoms with Crippen molar-refractivity contribution < 1.29 is 4.79 Å². The minimum absolute atomic E-state index is 0.244. The van der Waals surface area contributed by atoms with Gasteiger partial charge in [0.05, 0.1) is 0 Å². The van der Waals surface area contributed by atoms with Crippen molar-refractivity contribution in [1.82, 2.24) is 0 Å². The van der Waals surface area contributed by atoms with E-state index in [0.717, 1.165) is 6.42 Å². The van der Waals surface area contributed by atoms with Gasteiger partial charge in [-0.2, -0.15) is 0 Å². The quantitative estimate of drug-likeness (QED) is 0.411. The Balaban J connectivity index is 3.15. The van der Waals surface area contributed by atoms with Gasteiger partial charge in [0, 0.05) is 6.42 Å². The summed E-state index contributed by atoms with van der Waals surface area (Å²) in [6.07, 6.45) is 11.9. The average molecular weight is 182 g/mol. The standard InChI is InChI=1S/C12H22O/c1-3-5-6-7-8-9-10-11-12(13)4-2/h10-11H,3-9H2,1-2H3. The number of ketones is 1. The lowest BCUT2D eigenvalue weighted by Crippen LogP contribution is -1.86. The molecule has 0 aliphatic carbocycles. The molecule has 0 saturated carbocycles. The number of rotatable bonds is 8. The molecule has 76 valence electrons. The summed E-state index contributed by atoms with van der Waals surface area (Å²) < 4.78 is 0. The highest BCUT2D eigenvalue weighted by Crippen LogP contribution is 2.05. The maximum Gasteiger partial charge on any atom is 0.155 e. The smallest absolute Gasteiger partial charge is 0.155 e. The molecular weight excluding hydrogens is 160 g/mol. The lowest BCUT2D eigenvalue weighted by Gasteiger charge is -1.95. The van der Waals surface area contributed by atoms with E-state index in [2.05, 4.69) is 6.92 Å². The zero-order valence-corrected chi connectivity index (χ0v) is 9.01. The molecule has 0 aliphatic rings. The maximum atomic E-state index is 10.9.